The molecule has 1 unspecified atom stereocenters. The first kappa shape index (κ1) is 14.4. The van der Waals surface area contributed by atoms with Crippen LogP contribution in [0, 0.1) is 23.0 Å². The molecule has 1 aliphatic heterocycles. The molecule has 0 aromatic heterocycles. The van der Waals surface area contributed by atoms with E-state index in [0.717, 1.165) is 17.2 Å². The lowest BCUT2D eigenvalue weighted by Gasteiger charge is -2.14. The number of hydrogen-bond acceptors (Lipinski definition) is 2. The van der Waals surface area contributed by atoms with Gasteiger partial charge in [-0.25, -0.2) is 8.78 Å². The first-order valence-electron chi connectivity index (χ1n) is 6.83. The van der Waals surface area contributed by atoms with Gasteiger partial charge >= 0.3 is 0 Å². The fraction of sp³-hybridized carbons (Fsp3) is 0.167. The Morgan fingerprint density at radius 3 is 2.45 bits per heavy atom. The lowest BCUT2D eigenvalue weighted by molar-refractivity contribution is 0.337. The third-order valence-electron chi connectivity index (χ3n) is 3.86. The molecule has 4 heteroatoms. The summed E-state index contributed by atoms with van der Waals surface area (Å²) in [5, 5.41) is 8.79. The van der Waals surface area contributed by atoms with Crippen molar-refractivity contribution >= 4 is 6.08 Å². The second-order valence-electron chi connectivity index (χ2n) is 5.30. The molecular formula is C18H13F2NO. The van der Waals surface area contributed by atoms with Crippen molar-refractivity contribution in [2.24, 2.45) is 0 Å². The number of nitrogens with zero attached hydrogens (tertiary/aromatic N) is 1. The van der Waals surface area contributed by atoms with Crippen LogP contribution >= 0.6 is 0 Å². The van der Waals surface area contributed by atoms with Crippen LogP contribution in [0.4, 0.5) is 8.78 Å². The minimum absolute atomic E-state index is 0.344. The van der Waals surface area contributed by atoms with Gasteiger partial charge in [-0.1, -0.05) is 18.2 Å². The highest BCUT2D eigenvalue weighted by atomic mass is 19.1. The standard InChI is InChI=1S/C18H13F2NO/c1-12(8-13-2-4-14(10-21)5-3-13)18(11-22-18)16-7-6-15(19)9-17(16)20/h2-9H,11H2,1H3/b12-8+. The highest BCUT2D eigenvalue weighted by Crippen LogP contribution is 2.46. The predicted octanol–water partition coefficient (Wildman–Crippen LogP) is 4.17. The Bertz CT molecular complexity index is 784. The number of rotatable bonds is 3. The number of nitriles is 1. The molecule has 1 atom stereocenters. The summed E-state index contributed by atoms with van der Waals surface area (Å²) in [6.45, 7) is 2.22. The summed E-state index contributed by atoms with van der Waals surface area (Å²) >= 11 is 0. The molecule has 0 amide bonds. The van der Waals surface area contributed by atoms with Crippen LogP contribution in [0.5, 0.6) is 0 Å². The molecular weight excluding hydrogens is 284 g/mol. The van der Waals surface area contributed by atoms with E-state index in [9.17, 15) is 8.78 Å². The third-order valence-corrected chi connectivity index (χ3v) is 3.86. The Kier molecular flexibility index (Phi) is 3.51. The number of halogens is 2. The van der Waals surface area contributed by atoms with Crippen molar-refractivity contribution in [3.63, 3.8) is 0 Å². The van der Waals surface area contributed by atoms with E-state index < -0.39 is 17.2 Å². The molecule has 0 radical (unpaired) electrons. The van der Waals surface area contributed by atoms with Gasteiger partial charge in [0, 0.05) is 11.6 Å². The lowest BCUT2D eigenvalue weighted by Crippen LogP contribution is -2.13. The van der Waals surface area contributed by atoms with Crippen molar-refractivity contribution in [2.75, 3.05) is 6.61 Å². The van der Waals surface area contributed by atoms with E-state index >= 15 is 0 Å². The van der Waals surface area contributed by atoms with E-state index in [4.69, 9.17) is 10.00 Å². The molecule has 1 fully saturated rings. The van der Waals surface area contributed by atoms with Crippen molar-refractivity contribution in [2.45, 2.75) is 12.5 Å². The number of benzene rings is 2. The van der Waals surface area contributed by atoms with E-state index in [1.807, 2.05) is 25.1 Å². The zero-order valence-electron chi connectivity index (χ0n) is 11.9. The normalized spacial score (nSPS) is 20.5. The molecule has 0 bridgehead atoms. The van der Waals surface area contributed by atoms with E-state index in [0.29, 0.717) is 17.7 Å². The second kappa shape index (κ2) is 5.36. The van der Waals surface area contributed by atoms with Gasteiger partial charge in [0.15, 0.2) is 0 Å². The average Bonchev–Trinajstić information content (AvgIpc) is 3.29. The van der Waals surface area contributed by atoms with E-state index in [-0.39, 0.29) is 0 Å². The number of epoxide rings is 1. The molecule has 0 N–H and O–H groups in total. The summed E-state index contributed by atoms with van der Waals surface area (Å²) in [5.74, 6) is -1.21. The fourth-order valence-electron chi connectivity index (χ4n) is 2.51. The molecule has 2 aromatic rings. The molecule has 0 spiro atoms. The van der Waals surface area contributed by atoms with Gasteiger partial charge in [-0.15, -0.1) is 0 Å². The molecule has 2 nitrogen and oxygen atoms in total. The molecule has 1 aliphatic rings. The van der Waals surface area contributed by atoms with Crippen molar-refractivity contribution < 1.29 is 13.5 Å². The van der Waals surface area contributed by atoms with Gasteiger partial charge in [0.25, 0.3) is 0 Å². The van der Waals surface area contributed by atoms with Gasteiger partial charge in [-0.05, 0) is 42.3 Å². The van der Waals surface area contributed by atoms with E-state index in [1.54, 1.807) is 12.1 Å². The van der Waals surface area contributed by atoms with Crippen LogP contribution in [0.3, 0.4) is 0 Å². The summed E-state index contributed by atoms with van der Waals surface area (Å²) in [7, 11) is 0. The smallest absolute Gasteiger partial charge is 0.140 e. The highest BCUT2D eigenvalue weighted by molar-refractivity contribution is 5.58. The Labute approximate surface area is 127 Å². The Morgan fingerprint density at radius 1 is 1.23 bits per heavy atom. The van der Waals surface area contributed by atoms with Crippen LogP contribution in [0.1, 0.15) is 23.6 Å². The zero-order valence-corrected chi connectivity index (χ0v) is 11.9. The SMILES string of the molecule is C/C(=C\c1ccc(C#N)cc1)C1(c2ccc(F)cc2F)CO1. The van der Waals surface area contributed by atoms with Crippen LogP contribution in [0.15, 0.2) is 48.0 Å². The van der Waals surface area contributed by atoms with Gasteiger partial charge in [0.1, 0.15) is 17.2 Å². The average molecular weight is 297 g/mol. The minimum atomic E-state index is -0.814. The van der Waals surface area contributed by atoms with Crippen molar-refractivity contribution in [3.05, 3.63) is 76.4 Å². The summed E-state index contributed by atoms with van der Waals surface area (Å²) in [5.41, 5.74) is 1.84. The molecule has 22 heavy (non-hydrogen) atoms. The van der Waals surface area contributed by atoms with Gasteiger partial charge in [-0.2, -0.15) is 5.26 Å². The van der Waals surface area contributed by atoms with Crippen molar-refractivity contribution in [3.8, 4) is 6.07 Å². The zero-order chi connectivity index (χ0) is 15.7. The van der Waals surface area contributed by atoms with E-state index in [1.165, 1.54) is 12.1 Å². The van der Waals surface area contributed by atoms with Gasteiger partial charge in [0.2, 0.25) is 0 Å². The van der Waals surface area contributed by atoms with Crippen LogP contribution < -0.4 is 0 Å². The van der Waals surface area contributed by atoms with Crippen molar-refractivity contribution in [1.29, 1.82) is 5.26 Å². The molecule has 0 aliphatic carbocycles. The van der Waals surface area contributed by atoms with Crippen molar-refractivity contribution in [1.82, 2.24) is 0 Å². The van der Waals surface area contributed by atoms with Gasteiger partial charge in [-0.3, -0.25) is 0 Å². The summed E-state index contributed by atoms with van der Waals surface area (Å²) in [6, 6.07) is 12.7. The Balaban J connectivity index is 1.94. The third kappa shape index (κ3) is 2.51. The summed E-state index contributed by atoms with van der Waals surface area (Å²) < 4.78 is 32.6. The maximum atomic E-state index is 14.0. The lowest BCUT2D eigenvalue weighted by atomic mass is 9.90. The maximum Gasteiger partial charge on any atom is 0.140 e. The monoisotopic (exact) mass is 297 g/mol. The summed E-state index contributed by atoms with van der Waals surface area (Å²) in [6.07, 6.45) is 1.89. The quantitative estimate of drug-likeness (QED) is 0.797. The van der Waals surface area contributed by atoms with Crippen LogP contribution in [-0.2, 0) is 10.3 Å². The first-order chi connectivity index (χ1) is 10.5. The van der Waals surface area contributed by atoms with Crippen LogP contribution in [0.25, 0.3) is 6.08 Å². The molecule has 0 saturated carbocycles. The second-order valence-corrected chi connectivity index (χ2v) is 5.30. The van der Waals surface area contributed by atoms with Gasteiger partial charge in [0.05, 0.1) is 18.2 Å². The topological polar surface area (TPSA) is 36.3 Å². The molecule has 2 aromatic carbocycles. The van der Waals surface area contributed by atoms with Crippen LogP contribution in [0.2, 0.25) is 0 Å². The maximum absolute atomic E-state index is 14.0. The molecule has 1 heterocycles. The fourth-order valence-corrected chi connectivity index (χ4v) is 2.51. The number of hydrogen-bond donors (Lipinski definition) is 0. The summed E-state index contributed by atoms with van der Waals surface area (Å²) in [4.78, 5) is 0. The molecule has 110 valence electrons. The molecule has 3 rings (SSSR count). The largest absolute Gasteiger partial charge is 0.360 e. The van der Waals surface area contributed by atoms with E-state index in [2.05, 4.69) is 6.07 Å². The van der Waals surface area contributed by atoms with Gasteiger partial charge < -0.3 is 4.74 Å². The first-order valence-corrected chi connectivity index (χ1v) is 6.83. The van der Waals surface area contributed by atoms with Crippen LogP contribution in [-0.4, -0.2) is 6.61 Å². The Hall–Kier alpha value is -2.51. The minimum Gasteiger partial charge on any atom is -0.360 e. The predicted molar refractivity (Wildman–Crippen MR) is 78.8 cm³/mol. The number of ether oxygens (including phenoxy) is 1. The molecule has 1 saturated heterocycles. The highest BCUT2D eigenvalue weighted by Gasteiger charge is 2.49. The Morgan fingerprint density at radius 2 is 1.91 bits per heavy atom.